The SMILES string of the molecule is CCOc1ccc(-c2nn(-c3ccccc3)cc2/C=C2/C(=O)N(CC3CCCO3)C(=O)C(C#N)=C2C)c(C)c1. The summed E-state index contributed by atoms with van der Waals surface area (Å²) in [5.74, 6) is -0.242. The van der Waals surface area contributed by atoms with Gasteiger partial charge in [0.15, 0.2) is 0 Å². The molecule has 0 N–H and O–H groups in total. The van der Waals surface area contributed by atoms with E-state index in [2.05, 4.69) is 0 Å². The highest BCUT2D eigenvalue weighted by atomic mass is 16.5. The number of carbonyl (C=O) groups is 2. The van der Waals surface area contributed by atoms with E-state index in [1.54, 1.807) is 17.7 Å². The van der Waals surface area contributed by atoms with E-state index < -0.39 is 11.8 Å². The van der Waals surface area contributed by atoms with Gasteiger partial charge in [0.1, 0.15) is 23.1 Å². The number of aryl methyl sites for hydroxylation is 1. The second-order valence-electron chi connectivity index (χ2n) is 9.65. The summed E-state index contributed by atoms with van der Waals surface area (Å²) in [7, 11) is 0. The van der Waals surface area contributed by atoms with Crippen LogP contribution in [0.3, 0.4) is 0 Å². The Morgan fingerprint density at radius 1 is 1.15 bits per heavy atom. The molecule has 3 aromatic rings. The maximum absolute atomic E-state index is 13.7. The van der Waals surface area contributed by atoms with Crippen LogP contribution in [0.2, 0.25) is 0 Å². The van der Waals surface area contributed by atoms with Crippen molar-refractivity contribution >= 4 is 17.9 Å². The number of para-hydroxylation sites is 1. The molecule has 0 radical (unpaired) electrons. The predicted molar refractivity (Wildman–Crippen MR) is 147 cm³/mol. The summed E-state index contributed by atoms with van der Waals surface area (Å²) >= 11 is 0. The highest BCUT2D eigenvalue weighted by molar-refractivity contribution is 6.19. The molecule has 8 nitrogen and oxygen atoms in total. The topological polar surface area (TPSA) is 97.4 Å². The van der Waals surface area contributed by atoms with E-state index in [4.69, 9.17) is 14.6 Å². The number of hydrogen-bond donors (Lipinski definition) is 0. The Labute approximate surface area is 227 Å². The standard InChI is InChI=1S/C31H30N4O4/c1-4-38-24-12-13-26(20(2)15-24)29-22(18-35(33-29)23-9-6-5-7-10-23)16-27-21(3)28(17-32)31(37)34(30(27)36)19-25-11-8-14-39-25/h5-7,9-10,12-13,15-16,18,25H,4,8,11,14,19H2,1-3H3/b27-16+. The second kappa shape index (κ2) is 11.1. The molecule has 0 bridgehead atoms. The maximum atomic E-state index is 13.7. The molecule has 198 valence electrons. The first-order valence-corrected chi connectivity index (χ1v) is 13.1. The first-order valence-electron chi connectivity index (χ1n) is 13.1. The van der Waals surface area contributed by atoms with Gasteiger partial charge in [-0.05, 0) is 81.2 Å². The van der Waals surface area contributed by atoms with Gasteiger partial charge in [0.25, 0.3) is 11.8 Å². The molecule has 0 spiro atoms. The Kier molecular flexibility index (Phi) is 7.44. The molecule has 1 atom stereocenters. The van der Waals surface area contributed by atoms with Gasteiger partial charge in [-0.2, -0.15) is 10.4 Å². The number of aromatic nitrogens is 2. The Hall–Kier alpha value is -4.48. The molecule has 3 heterocycles. The number of hydrogen-bond acceptors (Lipinski definition) is 6. The third kappa shape index (κ3) is 5.14. The zero-order valence-corrected chi connectivity index (χ0v) is 22.3. The first-order chi connectivity index (χ1) is 18.9. The lowest BCUT2D eigenvalue weighted by atomic mass is 9.92. The lowest BCUT2D eigenvalue weighted by Gasteiger charge is -2.29. The monoisotopic (exact) mass is 522 g/mol. The van der Waals surface area contributed by atoms with Crippen LogP contribution in [0.25, 0.3) is 23.0 Å². The fourth-order valence-corrected chi connectivity index (χ4v) is 5.02. The van der Waals surface area contributed by atoms with Gasteiger partial charge >= 0.3 is 0 Å². The Bertz CT molecular complexity index is 1520. The number of imide groups is 1. The van der Waals surface area contributed by atoms with Crippen molar-refractivity contribution in [1.82, 2.24) is 14.7 Å². The normalized spacial score (nSPS) is 18.7. The van der Waals surface area contributed by atoms with Gasteiger partial charge in [-0.1, -0.05) is 18.2 Å². The Morgan fingerprint density at radius 3 is 2.62 bits per heavy atom. The van der Waals surface area contributed by atoms with Crippen LogP contribution in [0.15, 0.2) is 71.4 Å². The highest BCUT2D eigenvalue weighted by Gasteiger charge is 2.37. The van der Waals surface area contributed by atoms with Crippen LogP contribution in [-0.2, 0) is 14.3 Å². The average Bonchev–Trinajstić information content (AvgIpc) is 3.60. The van der Waals surface area contributed by atoms with Gasteiger partial charge in [0.2, 0.25) is 0 Å². The molecular formula is C31H30N4O4. The van der Waals surface area contributed by atoms with Crippen molar-refractivity contribution in [3.8, 4) is 28.8 Å². The summed E-state index contributed by atoms with van der Waals surface area (Å²) in [5, 5.41) is 14.7. The summed E-state index contributed by atoms with van der Waals surface area (Å²) in [6.07, 6.45) is 5.03. The summed E-state index contributed by atoms with van der Waals surface area (Å²) in [6.45, 7) is 6.87. The third-order valence-corrected chi connectivity index (χ3v) is 7.06. The smallest absolute Gasteiger partial charge is 0.271 e. The van der Waals surface area contributed by atoms with E-state index in [1.807, 2.05) is 74.6 Å². The van der Waals surface area contributed by atoms with Gasteiger partial charge in [-0.25, -0.2) is 4.68 Å². The second-order valence-corrected chi connectivity index (χ2v) is 9.65. The van der Waals surface area contributed by atoms with Crippen molar-refractivity contribution in [3.05, 3.63) is 82.6 Å². The number of rotatable bonds is 7. The minimum absolute atomic E-state index is 0.0342. The number of carbonyl (C=O) groups excluding carboxylic acids is 2. The molecule has 39 heavy (non-hydrogen) atoms. The largest absolute Gasteiger partial charge is 0.494 e. The first kappa shape index (κ1) is 26.1. The number of ether oxygens (including phenoxy) is 2. The van der Waals surface area contributed by atoms with Gasteiger partial charge in [-0.3, -0.25) is 14.5 Å². The van der Waals surface area contributed by atoms with Gasteiger partial charge in [-0.15, -0.1) is 0 Å². The molecule has 5 rings (SSSR count). The van der Waals surface area contributed by atoms with Crippen LogP contribution >= 0.6 is 0 Å². The molecule has 1 fully saturated rings. The zero-order chi connectivity index (χ0) is 27.5. The van der Waals surface area contributed by atoms with Crippen LogP contribution < -0.4 is 4.74 Å². The van der Waals surface area contributed by atoms with Crippen molar-refractivity contribution in [3.63, 3.8) is 0 Å². The van der Waals surface area contributed by atoms with Crippen molar-refractivity contribution in [1.29, 1.82) is 5.26 Å². The van der Waals surface area contributed by atoms with E-state index >= 15 is 0 Å². The zero-order valence-electron chi connectivity index (χ0n) is 22.3. The van der Waals surface area contributed by atoms with Crippen molar-refractivity contribution < 1.29 is 19.1 Å². The quantitative estimate of drug-likeness (QED) is 0.319. The van der Waals surface area contributed by atoms with Crippen LogP contribution in [0.1, 0.15) is 37.8 Å². The molecule has 1 saturated heterocycles. The summed E-state index contributed by atoms with van der Waals surface area (Å²) in [6, 6.07) is 17.5. The van der Waals surface area contributed by atoms with E-state index in [0.717, 1.165) is 40.3 Å². The summed E-state index contributed by atoms with van der Waals surface area (Å²) in [4.78, 5) is 27.9. The van der Waals surface area contributed by atoms with Crippen LogP contribution in [0, 0.1) is 18.3 Å². The number of amides is 2. The third-order valence-electron chi connectivity index (χ3n) is 7.06. The van der Waals surface area contributed by atoms with E-state index in [-0.39, 0.29) is 18.2 Å². The minimum Gasteiger partial charge on any atom is -0.494 e. The van der Waals surface area contributed by atoms with E-state index in [1.165, 1.54) is 0 Å². The van der Waals surface area contributed by atoms with Gasteiger partial charge in [0, 0.05) is 29.5 Å². The Balaban J connectivity index is 1.64. The molecular weight excluding hydrogens is 492 g/mol. The molecule has 2 amide bonds. The highest BCUT2D eigenvalue weighted by Crippen LogP contribution is 2.34. The van der Waals surface area contributed by atoms with Crippen LogP contribution in [0.5, 0.6) is 5.75 Å². The lowest BCUT2D eigenvalue weighted by Crippen LogP contribution is -2.46. The summed E-state index contributed by atoms with van der Waals surface area (Å²) < 4.78 is 13.1. The molecule has 1 unspecified atom stereocenters. The van der Waals surface area contributed by atoms with Crippen molar-refractivity contribution in [2.75, 3.05) is 19.8 Å². The van der Waals surface area contributed by atoms with Crippen LogP contribution in [0.4, 0.5) is 0 Å². The average molecular weight is 523 g/mol. The lowest BCUT2D eigenvalue weighted by molar-refractivity contribution is -0.142. The number of nitriles is 1. The molecule has 2 aliphatic rings. The Morgan fingerprint density at radius 2 is 1.95 bits per heavy atom. The molecule has 2 aliphatic heterocycles. The van der Waals surface area contributed by atoms with Gasteiger partial charge in [0.05, 0.1) is 24.9 Å². The molecule has 1 aromatic heterocycles. The number of benzene rings is 2. The molecule has 0 aliphatic carbocycles. The van der Waals surface area contributed by atoms with E-state index in [0.29, 0.717) is 35.6 Å². The fraction of sp³-hybridized carbons (Fsp3) is 0.290. The summed E-state index contributed by atoms with van der Waals surface area (Å²) in [5.41, 5.74) is 4.70. The fourth-order valence-electron chi connectivity index (χ4n) is 5.02. The van der Waals surface area contributed by atoms with E-state index in [9.17, 15) is 14.9 Å². The predicted octanol–water partition coefficient (Wildman–Crippen LogP) is 5.02. The number of nitrogens with zero attached hydrogens (tertiary/aromatic N) is 4. The van der Waals surface area contributed by atoms with Crippen LogP contribution in [-0.4, -0.2) is 52.4 Å². The molecule has 0 saturated carbocycles. The molecule has 2 aromatic carbocycles. The minimum atomic E-state index is -0.574. The van der Waals surface area contributed by atoms with Crippen molar-refractivity contribution in [2.24, 2.45) is 0 Å². The maximum Gasteiger partial charge on any atom is 0.271 e. The molecule has 8 heteroatoms. The van der Waals surface area contributed by atoms with Crippen molar-refractivity contribution in [2.45, 2.75) is 39.7 Å². The van der Waals surface area contributed by atoms with Gasteiger partial charge < -0.3 is 9.47 Å².